The smallest absolute Gasteiger partial charge is 0.321 e. The van der Waals surface area contributed by atoms with Crippen molar-refractivity contribution in [1.82, 2.24) is 15.1 Å². The minimum absolute atomic E-state index is 0. The first-order valence-electron chi connectivity index (χ1n) is 9.20. The molecule has 1 heterocycles. The third kappa shape index (κ3) is 7.01. The summed E-state index contributed by atoms with van der Waals surface area (Å²) in [6.07, 6.45) is 4.51. The van der Waals surface area contributed by atoms with Gasteiger partial charge < -0.3 is 20.4 Å². The highest BCUT2D eigenvalue weighted by molar-refractivity contribution is 14.0. The van der Waals surface area contributed by atoms with E-state index in [2.05, 4.69) is 40.6 Å². The molecule has 2 amide bonds. The molecule has 1 saturated heterocycles. The summed E-state index contributed by atoms with van der Waals surface area (Å²) in [5.74, 6) is 0.889. The Bertz CT molecular complexity index is 587. The van der Waals surface area contributed by atoms with Crippen LogP contribution >= 0.6 is 24.0 Å². The summed E-state index contributed by atoms with van der Waals surface area (Å²) in [6.45, 7) is 5.56. The Morgan fingerprint density at radius 1 is 1.31 bits per heavy atom. The lowest BCUT2D eigenvalue weighted by Gasteiger charge is -2.22. The fourth-order valence-corrected chi connectivity index (χ4v) is 2.95. The van der Waals surface area contributed by atoms with E-state index < -0.39 is 0 Å². The number of nitrogens with one attached hydrogen (secondary N) is 2. The van der Waals surface area contributed by atoms with Gasteiger partial charge >= 0.3 is 6.03 Å². The van der Waals surface area contributed by atoms with Crippen molar-refractivity contribution in [1.29, 1.82) is 0 Å². The van der Waals surface area contributed by atoms with Gasteiger partial charge in [-0.25, -0.2) is 4.79 Å². The molecule has 1 aromatic carbocycles. The Hall–Kier alpha value is -1.51. The van der Waals surface area contributed by atoms with Crippen LogP contribution in [0.1, 0.15) is 38.2 Å². The van der Waals surface area contributed by atoms with Gasteiger partial charge in [0.25, 0.3) is 0 Å². The number of rotatable bonds is 6. The third-order valence-electron chi connectivity index (χ3n) is 4.44. The number of amides is 2. The van der Waals surface area contributed by atoms with Crippen molar-refractivity contribution in [3.8, 4) is 0 Å². The standard InChI is InChI=1S/C19H31N5O.HI/c1-4-5-11-23(3)18(20-2)21-15-16-9-8-10-17(14-16)22-19(25)24-12-6-7-13-24;/h8-10,14H,4-7,11-13,15H2,1-3H3,(H,20,21)(H,22,25);1H. The number of anilines is 1. The molecule has 0 atom stereocenters. The maximum atomic E-state index is 12.2. The second-order valence-electron chi connectivity index (χ2n) is 6.50. The van der Waals surface area contributed by atoms with E-state index in [1.165, 1.54) is 6.42 Å². The van der Waals surface area contributed by atoms with E-state index in [-0.39, 0.29) is 30.0 Å². The Balaban J connectivity index is 0.00000338. The highest BCUT2D eigenvalue weighted by atomic mass is 127. The van der Waals surface area contributed by atoms with Crippen LogP contribution in [0.5, 0.6) is 0 Å². The summed E-state index contributed by atoms with van der Waals surface area (Å²) < 4.78 is 0. The van der Waals surface area contributed by atoms with Crippen LogP contribution in [0.15, 0.2) is 29.3 Å². The molecule has 0 aromatic heterocycles. The van der Waals surface area contributed by atoms with E-state index in [4.69, 9.17) is 0 Å². The molecular weight excluding hydrogens is 441 g/mol. The van der Waals surface area contributed by atoms with Gasteiger partial charge in [-0.1, -0.05) is 25.5 Å². The van der Waals surface area contributed by atoms with Gasteiger partial charge in [0.05, 0.1) is 0 Å². The van der Waals surface area contributed by atoms with Gasteiger partial charge in [-0.3, -0.25) is 4.99 Å². The molecule has 0 saturated carbocycles. The molecule has 2 N–H and O–H groups in total. The Labute approximate surface area is 174 Å². The SMILES string of the molecule is CCCCN(C)C(=NC)NCc1cccc(NC(=O)N2CCCC2)c1.I. The van der Waals surface area contributed by atoms with Crippen LogP contribution < -0.4 is 10.6 Å². The summed E-state index contributed by atoms with van der Waals surface area (Å²) in [7, 11) is 3.86. The Kier molecular flexibility index (Phi) is 10.4. The highest BCUT2D eigenvalue weighted by Gasteiger charge is 2.17. The fourth-order valence-electron chi connectivity index (χ4n) is 2.95. The third-order valence-corrected chi connectivity index (χ3v) is 4.44. The van der Waals surface area contributed by atoms with Gasteiger partial charge in [-0.2, -0.15) is 0 Å². The zero-order valence-electron chi connectivity index (χ0n) is 16.1. The van der Waals surface area contributed by atoms with E-state index in [9.17, 15) is 4.79 Å². The van der Waals surface area contributed by atoms with Gasteiger partial charge in [-0.15, -0.1) is 24.0 Å². The van der Waals surface area contributed by atoms with E-state index in [0.29, 0.717) is 6.54 Å². The average Bonchev–Trinajstić information content (AvgIpc) is 3.15. The number of carbonyl (C=O) groups excluding carboxylic acids is 1. The second-order valence-corrected chi connectivity index (χ2v) is 6.50. The lowest BCUT2D eigenvalue weighted by Crippen LogP contribution is -2.39. The molecule has 1 aliphatic heterocycles. The minimum Gasteiger partial charge on any atom is -0.352 e. The van der Waals surface area contributed by atoms with Crippen molar-refractivity contribution in [2.45, 2.75) is 39.2 Å². The maximum Gasteiger partial charge on any atom is 0.321 e. The number of unbranched alkanes of at least 4 members (excludes halogenated alkanes) is 1. The van der Waals surface area contributed by atoms with E-state index in [1.54, 1.807) is 7.05 Å². The van der Waals surface area contributed by atoms with E-state index >= 15 is 0 Å². The molecule has 0 bridgehead atoms. The predicted molar refractivity (Wildman–Crippen MR) is 119 cm³/mol. The molecular formula is C19H32IN5O. The first kappa shape index (κ1) is 22.5. The molecule has 26 heavy (non-hydrogen) atoms. The molecule has 7 heteroatoms. The summed E-state index contributed by atoms with van der Waals surface area (Å²) in [5.41, 5.74) is 1.95. The van der Waals surface area contributed by atoms with Crippen LogP contribution in [0.25, 0.3) is 0 Å². The van der Waals surface area contributed by atoms with Gasteiger partial charge in [-0.05, 0) is 37.0 Å². The molecule has 1 fully saturated rings. The second kappa shape index (κ2) is 12.0. The zero-order chi connectivity index (χ0) is 18.1. The molecule has 0 radical (unpaired) electrons. The molecule has 1 aromatic rings. The summed E-state index contributed by atoms with van der Waals surface area (Å²) in [5, 5.41) is 6.38. The number of benzene rings is 1. The molecule has 0 spiro atoms. The quantitative estimate of drug-likeness (QED) is 0.376. The topological polar surface area (TPSA) is 60.0 Å². The average molecular weight is 473 g/mol. The number of urea groups is 1. The van der Waals surface area contributed by atoms with Crippen molar-refractivity contribution in [3.05, 3.63) is 29.8 Å². The minimum atomic E-state index is -0.00211. The van der Waals surface area contributed by atoms with E-state index in [0.717, 1.165) is 56.1 Å². The number of hydrogen-bond acceptors (Lipinski definition) is 2. The van der Waals surface area contributed by atoms with Crippen LogP contribution in [0.3, 0.4) is 0 Å². The molecule has 6 nitrogen and oxygen atoms in total. The first-order valence-corrected chi connectivity index (χ1v) is 9.20. The summed E-state index contributed by atoms with van der Waals surface area (Å²) in [4.78, 5) is 20.5. The van der Waals surface area contributed by atoms with Crippen molar-refractivity contribution in [2.24, 2.45) is 4.99 Å². The van der Waals surface area contributed by atoms with Gasteiger partial charge in [0, 0.05) is 46.0 Å². The lowest BCUT2D eigenvalue weighted by molar-refractivity contribution is 0.222. The molecule has 1 aliphatic rings. The van der Waals surface area contributed by atoms with Crippen molar-refractivity contribution >= 4 is 41.7 Å². The number of aliphatic imine (C=N–C) groups is 1. The largest absolute Gasteiger partial charge is 0.352 e. The van der Waals surface area contributed by atoms with Crippen LogP contribution in [-0.4, -0.2) is 55.5 Å². The number of nitrogens with zero attached hydrogens (tertiary/aromatic N) is 3. The number of hydrogen-bond donors (Lipinski definition) is 2. The van der Waals surface area contributed by atoms with E-state index in [1.807, 2.05) is 23.1 Å². The molecule has 2 rings (SSSR count). The van der Waals surface area contributed by atoms with Crippen LogP contribution in [0, 0.1) is 0 Å². The summed E-state index contributed by atoms with van der Waals surface area (Å²) >= 11 is 0. The molecule has 0 unspecified atom stereocenters. The summed E-state index contributed by atoms with van der Waals surface area (Å²) in [6, 6.07) is 7.97. The van der Waals surface area contributed by atoms with Crippen molar-refractivity contribution in [2.75, 3.05) is 39.0 Å². The Morgan fingerprint density at radius 2 is 2.04 bits per heavy atom. The van der Waals surface area contributed by atoms with Gasteiger partial charge in [0.2, 0.25) is 0 Å². The van der Waals surface area contributed by atoms with Crippen LogP contribution in [0.4, 0.5) is 10.5 Å². The number of halogens is 1. The Morgan fingerprint density at radius 3 is 2.69 bits per heavy atom. The van der Waals surface area contributed by atoms with Crippen molar-refractivity contribution in [3.63, 3.8) is 0 Å². The highest BCUT2D eigenvalue weighted by Crippen LogP contribution is 2.14. The van der Waals surface area contributed by atoms with Gasteiger partial charge in [0.15, 0.2) is 5.96 Å². The molecule has 0 aliphatic carbocycles. The lowest BCUT2D eigenvalue weighted by atomic mass is 10.2. The normalized spacial score (nSPS) is 14.0. The predicted octanol–water partition coefficient (Wildman–Crippen LogP) is 3.74. The van der Waals surface area contributed by atoms with Crippen molar-refractivity contribution < 1.29 is 4.79 Å². The van der Waals surface area contributed by atoms with Gasteiger partial charge in [0.1, 0.15) is 0 Å². The number of guanidine groups is 1. The monoisotopic (exact) mass is 473 g/mol. The fraction of sp³-hybridized carbons (Fsp3) is 0.579. The molecule has 146 valence electrons. The first-order chi connectivity index (χ1) is 12.1. The maximum absolute atomic E-state index is 12.2. The number of carbonyl (C=O) groups is 1. The van der Waals surface area contributed by atoms with Crippen LogP contribution in [0.2, 0.25) is 0 Å². The number of likely N-dealkylation sites (tertiary alicyclic amines) is 1. The van der Waals surface area contributed by atoms with Crippen LogP contribution in [-0.2, 0) is 6.54 Å². The zero-order valence-corrected chi connectivity index (χ0v) is 18.5.